The van der Waals surface area contributed by atoms with Crippen molar-refractivity contribution in [2.75, 3.05) is 6.54 Å². The van der Waals surface area contributed by atoms with Crippen molar-refractivity contribution in [1.29, 1.82) is 0 Å². The van der Waals surface area contributed by atoms with Crippen molar-refractivity contribution in [1.82, 2.24) is 4.72 Å². The Balaban J connectivity index is 1.77. The third kappa shape index (κ3) is 2.94. The summed E-state index contributed by atoms with van der Waals surface area (Å²) in [5, 5.41) is 0. The predicted octanol–water partition coefficient (Wildman–Crippen LogP) is 1.02. The molecule has 0 saturated heterocycles. The maximum atomic E-state index is 12.3. The van der Waals surface area contributed by atoms with Gasteiger partial charge in [0.15, 0.2) is 0 Å². The molecule has 2 aromatic rings. The molecular weight excluding hydrogens is 292 g/mol. The van der Waals surface area contributed by atoms with Gasteiger partial charge in [0.1, 0.15) is 17.6 Å². The van der Waals surface area contributed by atoms with Crippen LogP contribution in [0.4, 0.5) is 0 Å². The number of nitrogens with one attached hydrogen (secondary N) is 1. The number of nitrogens with two attached hydrogens (primary N) is 1. The van der Waals surface area contributed by atoms with Crippen molar-refractivity contribution < 1.29 is 17.6 Å². The summed E-state index contributed by atoms with van der Waals surface area (Å²) in [5.74, 6) is 1.27. The predicted molar refractivity (Wildman–Crippen MR) is 76.3 cm³/mol. The normalized spacial score (nSPS) is 17.5. The molecule has 1 aromatic heterocycles. The first kappa shape index (κ1) is 14.1. The van der Waals surface area contributed by atoms with Gasteiger partial charge in [0.2, 0.25) is 10.0 Å². The molecule has 0 spiro atoms. The van der Waals surface area contributed by atoms with E-state index in [9.17, 15) is 8.42 Å². The van der Waals surface area contributed by atoms with Gasteiger partial charge in [-0.05, 0) is 35.9 Å². The highest BCUT2D eigenvalue weighted by atomic mass is 32.2. The molecule has 1 aromatic carbocycles. The molecule has 3 N–H and O–H groups in total. The van der Waals surface area contributed by atoms with E-state index in [1.165, 1.54) is 12.3 Å². The van der Waals surface area contributed by atoms with Gasteiger partial charge in [-0.15, -0.1) is 0 Å². The smallest absolute Gasteiger partial charge is 0.240 e. The van der Waals surface area contributed by atoms with Crippen molar-refractivity contribution in [2.45, 2.75) is 24.0 Å². The first-order chi connectivity index (χ1) is 10.1. The van der Waals surface area contributed by atoms with Crippen LogP contribution in [-0.2, 0) is 23.0 Å². The molecule has 0 fully saturated rings. The molecule has 0 saturated carbocycles. The van der Waals surface area contributed by atoms with E-state index in [1.54, 1.807) is 24.3 Å². The van der Waals surface area contributed by atoms with Crippen LogP contribution in [0.2, 0.25) is 0 Å². The van der Waals surface area contributed by atoms with E-state index in [1.807, 2.05) is 0 Å². The SMILES string of the molecule is NCC1Cc2cc(S(=O)(=O)NCc3ccco3)ccc2O1. The first-order valence-corrected chi connectivity index (χ1v) is 8.08. The summed E-state index contributed by atoms with van der Waals surface area (Å²) >= 11 is 0. The fraction of sp³-hybridized carbons (Fsp3) is 0.286. The monoisotopic (exact) mass is 308 g/mol. The summed E-state index contributed by atoms with van der Waals surface area (Å²) in [7, 11) is -3.58. The molecular formula is C14H16N2O4S. The van der Waals surface area contributed by atoms with Crippen molar-refractivity contribution in [3.63, 3.8) is 0 Å². The average molecular weight is 308 g/mol. The molecule has 7 heteroatoms. The second-order valence-electron chi connectivity index (χ2n) is 4.85. The molecule has 0 radical (unpaired) electrons. The van der Waals surface area contributed by atoms with E-state index in [2.05, 4.69) is 4.72 Å². The lowest BCUT2D eigenvalue weighted by atomic mass is 10.1. The molecule has 1 aliphatic heterocycles. The molecule has 3 rings (SSSR count). The van der Waals surface area contributed by atoms with Gasteiger partial charge >= 0.3 is 0 Å². The summed E-state index contributed by atoms with van der Waals surface area (Å²) in [6.45, 7) is 0.530. The van der Waals surface area contributed by atoms with E-state index in [-0.39, 0.29) is 17.5 Å². The maximum absolute atomic E-state index is 12.3. The lowest BCUT2D eigenvalue weighted by Gasteiger charge is -2.07. The van der Waals surface area contributed by atoms with Gasteiger partial charge in [-0.25, -0.2) is 13.1 Å². The van der Waals surface area contributed by atoms with E-state index in [0.717, 1.165) is 5.56 Å². The number of fused-ring (bicyclic) bond motifs is 1. The largest absolute Gasteiger partial charge is 0.488 e. The van der Waals surface area contributed by atoms with E-state index < -0.39 is 10.0 Å². The molecule has 1 unspecified atom stereocenters. The van der Waals surface area contributed by atoms with E-state index >= 15 is 0 Å². The molecule has 21 heavy (non-hydrogen) atoms. The van der Waals surface area contributed by atoms with E-state index in [4.69, 9.17) is 14.9 Å². The Morgan fingerprint density at radius 2 is 2.19 bits per heavy atom. The number of sulfonamides is 1. The fourth-order valence-electron chi connectivity index (χ4n) is 2.26. The number of benzene rings is 1. The Hall–Kier alpha value is -1.83. The third-order valence-corrected chi connectivity index (χ3v) is 4.76. The topological polar surface area (TPSA) is 94.6 Å². The highest BCUT2D eigenvalue weighted by molar-refractivity contribution is 7.89. The van der Waals surface area contributed by atoms with Crippen LogP contribution in [0.5, 0.6) is 5.75 Å². The summed E-state index contributed by atoms with van der Waals surface area (Å²) in [5.41, 5.74) is 6.44. The van der Waals surface area contributed by atoms with Gasteiger partial charge < -0.3 is 14.9 Å². The lowest BCUT2D eigenvalue weighted by molar-refractivity contribution is 0.241. The van der Waals surface area contributed by atoms with Gasteiger partial charge in [-0.1, -0.05) is 0 Å². The molecule has 1 aliphatic rings. The quantitative estimate of drug-likeness (QED) is 0.860. The fourth-order valence-corrected chi connectivity index (χ4v) is 3.30. The average Bonchev–Trinajstić information content (AvgIpc) is 3.13. The van der Waals surface area contributed by atoms with Gasteiger partial charge in [0.25, 0.3) is 0 Å². The molecule has 2 heterocycles. The van der Waals surface area contributed by atoms with Crippen LogP contribution >= 0.6 is 0 Å². The highest BCUT2D eigenvalue weighted by Gasteiger charge is 2.24. The first-order valence-electron chi connectivity index (χ1n) is 6.60. The highest BCUT2D eigenvalue weighted by Crippen LogP contribution is 2.30. The van der Waals surface area contributed by atoms with Crippen molar-refractivity contribution in [2.24, 2.45) is 5.73 Å². The summed E-state index contributed by atoms with van der Waals surface area (Å²) in [6, 6.07) is 8.26. The molecule has 0 bridgehead atoms. The number of rotatable bonds is 5. The Morgan fingerprint density at radius 1 is 1.33 bits per heavy atom. The lowest BCUT2D eigenvalue weighted by Crippen LogP contribution is -2.24. The van der Waals surface area contributed by atoms with Crippen molar-refractivity contribution in [3.05, 3.63) is 47.9 Å². The maximum Gasteiger partial charge on any atom is 0.240 e. The minimum absolute atomic E-state index is 0.0750. The number of furan rings is 1. The second kappa shape index (κ2) is 5.51. The number of hydrogen-bond donors (Lipinski definition) is 2. The van der Waals surface area contributed by atoms with Crippen LogP contribution in [-0.4, -0.2) is 21.1 Å². The van der Waals surface area contributed by atoms with Crippen LogP contribution in [0.15, 0.2) is 45.9 Å². The standard InChI is InChI=1S/C14H16N2O4S/c15-8-12-6-10-7-13(3-4-14(10)20-12)21(17,18)16-9-11-2-1-5-19-11/h1-5,7,12,16H,6,8-9,15H2. The molecule has 112 valence electrons. The molecule has 0 amide bonds. The van der Waals surface area contributed by atoms with E-state index in [0.29, 0.717) is 24.5 Å². The van der Waals surface area contributed by atoms with Gasteiger partial charge in [-0.2, -0.15) is 0 Å². The third-order valence-electron chi connectivity index (χ3n) is 3.36. The zero-order valence-electron chi connectivity index (χ0n) is 11.3. The van der Waals surface area contributed by atoms with Gasteiger partial charge in [0.05, 0.1) is 17.7 Å². The van der Waals surface area contributed by atoms with Gasteiger partial charge in [0, 0.05) is 13.0 Å². The Morgan fingerprint density at radius 3 is 2.90 bits per heavy atom. The second-order valence-corrected chi connectivity index (χ2v) is 6.62. The Kier molecular flexibility index (Phi) is 3.71. The summed E-state index contributed by atoms with van der Waals surface area (Å²) < 4.78 is 37.7. The van der Waals surface area contributed by atoms with Gasteiger partial charge in [-0.3, -0.25) is 0 Å². The van der Waals surface area contributed by atoms with Crippen LogP contribution in [0.3, 0.4) is 0 Å². The zero-order valence-corrected chi connectivity index (χ0v) is 12.1. The summed E-state index contributed by atoms with van der Waals surface area (Å²) in [6.07, 6.45) is 2.06. The van der Waals surface area contributed by atoms with Crippen molar-refractivity contribution in [3.8, 4) is 5.75 Å². The Labute approximate surface area is 123 Å². The Bertz CT molecular complexity index is 725. The van der Waals surface area contributed by atoms with Crippen LogP contribution < -0.4 is 15.2 Å². The molecule has 0 aliphatic carbocycles. The van der Waals surface area contributed by atoms with Crippen LogP contribution in [0, 0.1) is 0 Å². The van der Waals surface area contributed by atoms with Crippen LogP contribution in [0.1, 0.15) is 11.3 Å². The summed E-state index contributed by atoms with van der Waals surface area (Å²) in [4.78, 5) is 0.217. The molecule has 1 atom stereocenters. The van der Waals surface area contributed by atoms with Crippen molar-refractivity contribution >= 4 is 10.0 Å². The number of ether oxygens (including phenoxy) is 1. The molecule has 6 nitrogen and oxygen atoms in total. The minimum Gasteiger partial charge on any atom is -0.488 e. The zero-order chi connectivity index (χ0) is 14.9. The number of hydrogen-bond acceptors (Lipinski definition) is 5. The van der Waals surface area contributed by atoms with Crippen LogP contribution in [0.25, 0.3) is 0 Å². The minimum atomic E-state index is -3.58.